The summed E-state index contributed by atoms with van der Waals surface area (Å²) in [4.78, 5) is 10.2. The van der Waals surface area contributed by atoms with Gasteiger partial charge in [0.2, 0.25) is 5.91 Å². The van der Waals surface area contributed by atoms with Gasteiger partial charge in [-0.1, -0.05) is 0 Å². The average molecular weight is 179 g/mol. The van der Waals surface area contributed by atoms with Crippen LogP contribution in [0.5, 0.6) is 0 Å². The third kappa shape index (κ3) is 8.17. The largest absolute Gasteiger partial charge is 0.370 e. The van der Waals surface area contributed by atoms with Crippen molar-refractivity contribution in [3.63, 3.8) is 0 Å². The van der Waals surface area contributed by atoms with Crippen LogP contribution in [0.3, 0.4) is 0 Å². The van der Waals surface area contributed by atoms with Crippen LogP contribution in [0.4, 0.5) is 0 Å². The molecule has 4 heteroatoms. The first-order valence-corrected chi connectivity index (χ1v) is 5.67. The maximum absolute atomic E-state index is 10.2. The molecule has 0 aliphatic carbocycles. The van der Waals surface area contributed by atoms with Gasteiger partial charge < -0.3 is 5.73 Å². The van der Waals surface area contributed by atoms with Crippen molar-refractivity contribution in [2.75, 3.05) is 23.5 Å². The Hall–Kier alpha value is 0.170. The molecular weight excluding hydrogens is 166 g/mol. The number of rotatable bonds is 6. The van der Waals surface area contributed by atoms with Crippen molar-refractivity contribution in [2.45, 2.75) is 6.42 Å². The topological polar surface area (TPSA) is 43.1 Å². The monoisotopic (exact) mass is 179 g/mol. The van der Waals surface area contributed by atoms with Crippen LogP contribution in [-0.2, 0) is 4.79 Å². The van der Waals surface area contributed by atoms with E-state index in [9.17, 15) is 4.79 Å². The van der Waals surface area contributed by atoms with Crippen molar-refractivity contribution in [1.82, 2.24) is 0 Å². The van der Waals surface area contributed by atoms with Crippen LogP contribution in [-0.4, -0.2) is 29.4 Å². The number of amides is 1. The van der Waals surface area contributed by atoms with Crippen molar-refractivity contribution in [3.05, 3.63) is 0 Å². The second-order valence-corrected chi connectivity index (χ2v) is 4.03. The molecule has 0 aromatic rings. The molecule has 0 aliphatic heterocycles. The maximum atomic E-state index is 10.2. The third-order valence-electron chi connectivity index (χ3n) is 0.925. The molecule has 0 radical (unpaired) electrons. The second-order valence-electron chi connectivity index (χ2n) is 1.82. The van der Waals surface area contributed by atoms with Gasteiger partial charge >= 0.3 is 0 Å². The van der Waals surface area contributed by atoms with Gasteiger partial charge in [-0.05, 0) is 6.26 Å². The summed E-state index contributed by atoms with van der Waals surface area (Å²) < 4.78 is 0. The minimum Gasteiger partial charge on any atom is -0.370 e. The van der Waals surface area contributed by atoms with E-state index in [0.29, 0.717) is 6.42 Å². The van der Waals surface area contributed by atoms with E-state index in [4.69, 9.17) is 5.73 Å². The molecule has 0 heterocycles. The van der Waals surface area contributed by atoms with Gasteiger partial charge in [0, 0.05) is 23.7 Å². The van der Waals surface area contributed by atoms with Crippen LogP contribution in [0.2, 0.25) is 0 Å². The fourth-order valence-corrected chi connectivity index (χ4v) is 2.10. The van der Waals surface area contributed by atoms with Gasteiger partial charge in [0.05, 0.1) is 0 Å². The number of carbonyl (C=O) groups is 1. The molecule has 0 bridgehead atoms. The summed E-state index contributed by atoms with van der Waals surface area (Å²) in [6.45, 7) is 0. The van der Waals surface area contributed by atoms with E-state index in [-0.39, 0.29) is 5.91 Å². The van der Waals surface area contributed by atoms with Gasteiger partial charge in [-0.2, -0.15) is 23.5 Å². The van der Waals surface area contributed by atoms with E-state index in [0.717, 1.165) is 17.3 Å². The number of hydrogen-bond acceptors (Lipinski definition) is 3. The molecule has 0 atom stereocenters. The Kier molecular flexibility index (Phi) is 7.40. The maximum Gasteiger partial charge on any atom is 0.218 e. The molecule has 0 fully saturated rings. The minimum absolute atomic E-state index is 0.198. The van der Waals surface area contributed by atoms with Gasteiger partial charge in [0.25, 0.3) is 0 Å². The van der Waals surface area contributed by atoms with Crippen molar-refractivity contribution < 1.29 is 4.79 Å². The Labute approximate surface area is 70.3 Å². The third-order valence-corrected chi connectivity index (χ3v) is 2.78. The zero-order valence-electron chi connectivity index (χ0n) is 6.13. The standard InChI is InChI=1S/C6H13NOS2/c1-9-4-5-10-3-2-6(7)8/h2-5H2,1H3,(H2,7,8). The lowest BCUT2D eigenvalue weighted by Gasteiger charge is -1.96. The molecule has 0 saturated carbocycles. The SMILES string of the molecule is CSCCSCCC(N)=O. The van der Waals surface area contributed by atoms with E-state index in [1.165, 1.54) is 0 Å². The summed E-state index contributed by atoms with van der Waals surface area (Å²) in [6, 6.07) is 0. The van der Waals surface area contributed by atoms with Crippen LogP contribution in [0.1, 0.15) is 6.42 Å². The summed E-state index contributed by atoms with van der Waals surface area (Å²) >= 11 is 3.61. The Bertz CT molecular complexity index is 97.7. The minimum atomic E-state index is -0.198. The summed E-state index contributed by atoms with van der Waals surface area (Å²) in [7, 11) is 0. The quantitative estimate of drug-likeness (QED) is 0.618. The first-order chi connectivity index (χ1) is 4.77. The van der Waals surface area contributed by atoms with E-state index >= 15 is 0 Å². The van der Waals surface area contributed by atoms with Crippen molar-refractivity contribution in [2.24, 2.45) is 5.73 Å². The number of carbonyl (C=O) groups excluding carboxylic acids is 1. The van der Waals surface area contributed by atoms with E-state index in [1.807, 2.05) is 11.8 Å². The van der Waals surface area contributed by atoms with Crippen LogP contribution in [0.15, 0.2) is 0 Å². The number of primary amides is 1. The second kappa shape index (κ2) is 7.28. The van der Waals surface area contributed by atoms with Gasteiger partial charge in [-0.25, -0.2) is 0 Å². The molecule has 0 saturated heterocycles. The Morgan fingerprint density at radius 2 is 2.10 bits per heavy atom. The number of hydrogen-bond donors (Lipinski definition) is 1. The molecule has 2 nitrogen and oxygen atoms in total. The van der Waals surface area contributed by atoms with Crippen LogP contribution in [0, 0.1) is 0 Å². The average Bonchev–Trinajstić information content (AvgIpc) is 1.87. The molecule has 0 unspecified atom stereocenters. The Morgan fingerprint density at radius 3 is 2.60 bits per heavy atom. The van der Waals surface area contributed by atoms with Gasteiger partial charge in [-0.15, -0.1) is 0 Å². The highest BCUT2D eigenvalue weighted by atomic mass is 32.2. The number of nitrogens with two attached hydrogens (primary N) is 1. The van der Waals surface area contributed by atoms with Crippen LogP contribution < -0.4 is 5.73 Å². The predicted molar refractivity (Wildman–Crippen MR) is 49.5 cm³/mol. The van der Waals surface area contributed by atoms with Crippen molar-refractivity contribution in [1.29, 1.82) is 0 Å². The predicted octanol–water partition coefficient (Wildman–Crippen LogP) is 0.958. The highest BCUT2D eigenvalue weighted by Gasteiger charge is 1.93. The normalized spacial score (nSPS) is 9.70. The zero-order chi connectivity index (χ0) is 7.82. The fourth-order valence-electron chi connectivity index (χ4n) is 0.417. The highest BCUT2D eigenvalue weighted by molar-refractivity contribution is 8.02. The molecule has 1 amide bonds. The van der Waals surface area contributed by atoms with E-state index in [1.54, 1.807) is 11.8 Å². The fraction of sp³-hybridized carbons (Fsp3) is 0.833. The zero-order valence-corrected chi connectivity index (χ0v) is 7.76. The summed E-state index contributed by atoms with van der Waals surface area (Å²) in [5.74, 6) is 2.95. The smallest absolute Gasteiger partial charge is 0.218 e. The molecule has 0 spiro atoms. The van der Waals surface area contributed by atoms with E-state index in [2.05, 4.69) is 6.26 Å². The summed E-state index contributed by atoms with van der Waals surface area (Å²) in [5.41, 5.74) is 4.95. The van der Waals surface area contributed by atoms with Gasteiger partial charge in [-0.3, -0.25) is 4.79 Å². The molecule has 0 aliphatic rings. The van der Waals surface area contributed by atoms with Gasteiger partial charge in [0.1, 0.15) is 0 Å². The van der Waals surface area contributed by atoms with Crippen molar-refractivity contribution in [3.8, 4) is 0 Å². The lowest BCUT2D eigenvalue weighted by molar-refractivity contribution is -0.117. The lowest BCUT2D eigenvalue weighted by Crippen LogP contribution is -2.11. The molecule has 60 valence electrons. The molecule has 0 aromatic heterocycles. The van der Waals surface area contributed by atoms with Crippen LogP contribution >= 0.6 is 23.5 Å². The van der Waals surface area contributed by atoms with E-state index < -0.39 is 0 Å². The lowest BCUT2D eigenvalue weighted by atomic mass is 10.5. The first kappa shape index (κ1) is 10.2. The molecule has 2 N–H and O–H groups in total. The van der Waals surface area contributed by atoms with Crippen LogP contribution in [0.25, 0.3) is 0 Å². The summed E-state index contributed by atoms with van der Waals surface area (Å²) in [6.07, 6.45) is 2.59. The van der Waals surface area contributed by atoms with Crippen molar-refractivity contribution >= 4 is 29.4 Å². The first-order valence-electron chi connectivity index (χ1n) is 3.12. The molecular formula is C6H13NOS2. The summed E-state index contributed by atoms with van der Waals surface area (Å²) in [5, 5.41) is 0. The molecule has 10 heavy (non-hydrogen) atoms. The number of thioether (sulfide) groups is 2. The van der Waals surface area contributed by atoms with Gasteiger partial charge in [0.15, 0.2) is 0 Å². The molecule has 0 rings (SSSR count). The molecule has 0 aromatic carbocycles. The highest BCUT2D eigenvalue weighted by Crippen LogP contribution is 2.04. The Balaban J connectivity index is 2.84. The Morgan fingerprint density at radius 1 is 1.40 bits per heavy atom.